The molecule has 0 radical (unpaired) electrons. The molecule has 7 heteroatoms. The van der Waals surface area contributed by atoms with Crippen LogP contribution >= 0.6 is 0 Å². The maximum Gasteiger partial charge on any atom is 0.328 e. The van der Waals surface area contributed by atoms with Gasteiger partial charge in [0, 0.05) is 6.20 Å². The first-order valence-corrected chi connectivity index (χ1v) is 4.34. The number of carboxylic acids is 1. The minimum atomic E-state index is -1.42. The van der Waals surface area contributed by atoms with Crippen molar-refractivity contribution in [3.63, 3.8) is 0 Å². The summed E-state index contributed by atoms with van der Waals surface area (Å²) in [6.45, 7) is -0.741. The van der Waals surface area contributed by atoms with Crippen LogP contribution in [0.1, 0.15) is 10.5 Å². The highest BCUT2D eigenvalue weighted by atomic mass is 16.4. The molecular formula is C9H10N2O5. The van der Waals surface area contributed by atoms with Crippen molar-refractivity contribution in [2.24, 2.45) is 0 Å². The van der Waals surface area contributed by atoms with E-state index in [2.05, 4.69) is 4.98 Å². The summed E-state index contributed by atoms with van der Waals surface area (Å²) in [7, 11) is 0. The molecule has 7 nitrogen and oxygen atoms in total. The fourth-order valence-corrected chi connectivity index (χ4v) is 0.984. The average molecular weight is 226 g/mol. The van der Waals surface area contributed by atoms with E-state index in [9.17, 15) is 14.7 Å². The van der Waals surface area contributed by atoms with Crippen molar-refractivity contribution in [2.75, 3.05) is 6.61 Å². The maximum absolute atomic E-state index is 11.4. The normalized spacial score (nSPS) is 11.8. The standard InChI is InChI=1S/C9H10N2O5/c12-4-5(9(15)16)11-8(14)7-6(13)2-1-3-10-7/h1-3,5,12-13H,4H2,(H,11,14)(H,15,16)/t5-/m1/s1. The number of aliphatic hydroxyl groups is 1. The third-order valence-electron chi connectivity index (χ3n) is 1.79. The Morgan fingerprint density at radius 3 is 2.69 bits per heavy atom. The first kappa shape index (κ1) is 11.9. The molecule has 0 spiro atoms. The molecule has 1 aromatic rings. The van der Waals surface area contributed by atoms with Crippen molar-refractivity contribution >= 4 is 11.9 Å². The molecule has 0 unspecified atom stereocenters. The van der Waals surface area contributed by atoms with Crippen LogP contribution in [0.4, 0.5) is 0 Å². The predicted molar refractivity (Wildman–Crippen MR) is 51.9 cm³/mol. The fourth-order valence-electron chi connectivity index (χ4n) is 0.984. The zero-order valence-electron chi connectivity index (χ0n) is 8.12. The number of aromatic hydroxyl groups is 1. The van der Waals surface area contributed by atoms with Crippen LogP contribution in [0.3, 0.4) is 0 Å². The predicted octanol–water partition coefficient (Wildman–Crippen LogP) is -1.04. The van der Waals surface area contributed by atoms with Gasteiger partial charge >= 0.3 is 5.97 Å². The summed E-state index contributed by atoms with van der Waals surface area (Å²) in [5, 5.41) is 28.5. The molecule has 1 atom stereocenters. The van der Waals surface area contributed by atoms with E-state index in [-0.39, 0.29) is 11.4 Å². The molecule has 86 valence electrons. The van der Waals surface area contributed by atoms with Gasteiger partial charge in [0.05, 0.1) is 6.61 Å². The summed E-state index contributed by atoms with van der Waals surface area (Å²) in [4.78, 5) is 25.5. The summed E-state index contributed by atoms with van der Waals surface area (Å²) >= 11 is 0. The van der Waals surface area contributed by atoms with Gasteiger partial charge in [-0.3, -0.25) is 4.79 Å². The van der Waals surface area contributed by atoms with Gasteiger partial charge in [-0.25, -0.2) is 9.78 Å². The summed E-state index contributed by atoms with van der Waals surface area (Å²) in [6, 6.07) is 1.25. The van der Waals surface area contributed by atoms with Crippen LogP contribution in [0, 0.1) is 0 Å². The van der Waals surface area contributed by atoms with E-state index in [1.807, 2.05) is 5.32 Å². The average Bonchev–Trinajstić information content (AvgIpc) is 2.25. The van der Waals surface area contributed by atoms with E-state index in [0.29, 0.717) is 0 Å². The second kappa shape index (κ2) is 5.08. The Kier molecular flexibility index (Phi) is 3.78. The van der Waals surface area contributed by atoms with Gasteiger partial charge in [-0.1, -0.05) is 0 Å². The van der Waals surface area contributed by atoms with E-state index in [1.165, 1.54) is 18.3 Å². The molecule has 16 heavy (non-hydrogen) atoms. The van der Waals surface area contributed by atoms with Crippen LogP contribution in [-0.4, -0.2) is 44.8 Å². The molecule has 0 aliphatic rings. The van der Waals surface area contributed by atoms with Gasteiger partial charge in [0.1, 0.15) is 5.75 Å². The van der Waals surface area contributed by atoms with Gasteiger partial charge in [-0.2, -0.15) is 0 Å². The Balaban J connectivity index is 2.80. The van der Waals surface area contributed by atoms with E-state index in [0.717, 1.165) is 0 Å². The SMILES string of the molecule is O=C(N[C@H](CO)C(=O)O)c1ncccc1O. The van der Waals surface area contributed by atoms with E-state index < -0.39 is 24.5 Å². The Labute approximate surface area is 90.4 Å². The lowest BCUT2D eigenvalue weighted by molar-refractivity contribution is -0.140. The van der Waals surface area contributed by atoms with Crippen LogP contribution in [0.15, 0.2) is 18.3 Å². The van der Waals surface area contributed by atoms with Gasteiger partial charge in [0.15, 0.2) is 11.7 Å². The molecule has 0 aliphatic carbocycles. The third-order valence-corrected chi connectivity index (χ3v) is 1.79. The van der Waals surface area contributed by atoms with Crippen molar-refractivity contribution in [2.45, 2.75) is 6.04 Å². The monoisotopic (exact) mass is 226 g/mol. The molecule has 4 N–H and O–H groups in total. The number of pyridine rings is 1. The van der Waals surface area contributed by atoms with E-state index >= 15 is 0 Å². The Morgan fingerprint density at radius 2 is 2.19 bits per heavy atom. The summed E-state index contributed by atoms with van der Waals surface area (Å²) in [5.41, 5.74) is -0.290. The van der Waals surface area contributed by atoms with Gasteiger partial charge < -0.3 is 20.6 Å². The number of rotatable bonds is 4. The smallest absolute Gasteiger partial charge is 0.328 e. The number of hydrogen-bond acceptors (Lipinski definition) is 5. The van der Waals surface area contributed by atoms with Crippen LogP contribution in [0.2, 0.25) is 0 Å². The van der Waals surface area contributed by atoms with Gasteiger partial charge in [-0.15, -0.1) is 0 Å². The number of aliphatic hydroxyl groups excluding tert-OH is 1. The molecule has 0 aromatic carbocycles. The minimum absolute atomic E-state index is 0.290. The number of aliphatic carboxylic acids is 1. The van der Waals surface area contributed by atoms with Crippen LogP contribution in [0.25, 0.3) is 0 Å². The highest BCUT2D eigenvalue weighted by molar-refractivity contribution is 5.97. The number of hydrogen-bond donors (Lipinski definition) is 4. The third kappa shape index (κ3) is 2.67. The largest absolute Gasteiger partial charge is 0.505 e. The Bertz CT molecular complexity index is 407. The zero-order valence-corrected chi connectivity index (χ0v) is 8.12. The summed E-state index contributed by atoms with van der Waals surface area (Å²) in [5.74, 6) is -2.59. The van der Waals surface area contributed by atoms with Crippen LogP contribution in [-0.2, 0) is 4.79 Å². The lowest BCUT2D eigenvalue weighted by Crippen LogP contribution is -2.43. The molecule has 1 aromatic heterocycles. The number of carboxylic acid groups (broad SMARTS) is 1. The van der Waals surface area contributed by atoms with Crippen molar-refractivity contribution < 1.29 is 24.9 Å². The Hall–Kier alpha value is -2.15. The quantitative estimate of drug-likeness (QED) is 0.520. The second-order valence-electron chi connectivity index (χ2n) is 2.92. The highest BCUT2D eigenvalue weighted by Crippen LogP contribution is 2.12. The minimum Gasteiger partial charge on any atom is -0.505 e. The number of carbonyl (C=O) groups is 2. The molecule has 0 aliphatic heterocycles. The van der Waals surface area contributed by atoms with Crippen molar-refractivity contribution in [3.8, 4) is 5.75 Å². The Morgan fingerprint density at radius 1 is 1.50 bits per heavy atom. The van der Waals surface area contributed by atoms with Crippen molar-refractivity contribution in [1.82, 2.24) is 10.3 Å². The van der Waals surface area contributed by atoms with E-state index in [1.54, 1.807) is 0 Å². The van der Waals surface area contributed by atoms with Gasteiger partial charge in [0.25, 0.3) is 5.91 Å². The summed E-state index contributed by atoms with van der Waals surface area (Å²) in [6.07, 6.45) is 1.28. The van der Waals surface area contributed by atoms with E-state index in [4.69, 9.17) is 10.2 Å². The lowest BCUT2D eigenvalue weighted by atomic mass is 10.2. The number of nitrogens with zero attached hydrogens (tertiary/aromatic N) is 1. The highest BCUT2D eigenvalue weighted by Gasteiger charge is 2.21. The maximum atomic E-state index is 11.4. The number of amides is 1. The molecule has 0 fully saturated rings. The molecule has 0 saturated heterocycles. The van der Waals surface area contributed by atoms with Crippen molar-refractivity contribution in [1.29, 1.82) is 0 Å². The first-order chi connectivity index (χ1) is 7.56. The molecule has 1 rings (SSSR count). The molecule has 1 heterocycles. The topological polar surface area (TPSA) is 120 Å². The van der Waals surface area contributed by atoms with Crippen molar-refractivity contribution in [3.05, 3.63) is 24.0 Å². The molecular weight excluding hydrogens is 216 g/mol. The summed E-state index contributed by atoms with van der Waals surface area (Å²) < 4.78 is 0. The number of carbonyl (C=O) groups excluding carboxylic acids is 1. The molecule has 0 saturated carbocycles. The number of nitrogens with one attached hydrogen (secondary N) is 1. The zero-order chi connectivity index (χ0) is 12.1. The number of aromatic nitrogens is 1. The second-order valence-corrected chi connectivity index (χ2v) is 2.92. The lowest BCUT2D eigenvalue weighted by Gasteiger charge is -2.11. The van der Waals surface area contributed by atoms with Crippen LogP contribution in [0.5, 0.6) is 5.75 Å². The van der Waals surface area contributed by atoms with Gasteiger partial charge in [0.2, 0.25) is 0 Å². The molecule has 0 bridgehead atoms. The first-order valence-electron chi connectivity index (χ1n) is 4.34. The fraction of sp³-hybridized carbons (Fsp3) is 0.222. The molecule has 1 amide bonds. The van der Waals surface area contributed by atoms with Crippen LogP contribution < -0.4 is 5.32 Å². The van der Waals surface area contributed by atoms with Gasteiger partial charge in [-0.05, 0) is 12.1 Å².